The molecule has 3 rings (SSSR count). The lowest BCUT2D eigenvalue weighted by Crippen LogP contribution is -2.49. The number of hydrogen-bond acceptors (Lipinski definition) is 4. The van der Waals surface area contributed by atoms with E-state index in [2.05, 4.69) is 33.9 Å². The second kappa shape index (κ2) is 6.89. The van der Waals surface area contributed by atoms with Crippen LogP contribution in [0.15, 0.2) is 30.9 Å². The van der Waals surface area contributed by atoms with Crippen molar-refractivity contribution in [1.29, 1.82) is 0 Å². The van der Waals surface area contributed by atoms with Crippen molar-refractivity contribution >= 4 is 5.91 Å². The molecule has 1 fully saturated rings. The summed E-state index contributed by atoms with van der Waals surface area (Å²) in [6, 6.07) is 2.48. The summed E-state index contributed by atoms with van der Waals surface area (Å²) in [5, 5.41) is 8.20. The smallest absolute Gasteiger partial charge is 0.255 e. The standard InChI is InChI=1S/C17H23N5O/c1-3-14-6-5-7-15(4-2)21(14)17(23)13-10-16(12-18-11-13)22-19-8-9-20-22/h8-12,14-15H,3-7H2,1-2H3/t14-,15+. The first-order chi connectivity index (χ1) is 11.2. The van der Waals surface area contributed by atoms with Crippen LogP contribution in [0.4, 0.5) is 0 Å². The van der Waals surface area contributed by atoms with E-state index in [-0.39, 0.29) is 5.91 Å². The van der Waals surface area contributed by atoms with Gasteiger partial charge in [-0.2, -0.15) is 15.0 Å². The van der Waals surface area contributed by atoms with Gasteiger partial charge in [0.05, 0.1) is 24.2 Å². The van der Waals surface area contributed by atoms with Crippen LogP contribution in [0.2, 0.25) is 0 Å². The maximum absolute atomic E-state index is 13.1. The summed E-state index contributed by atoms with van der Waals surface area (Å²) in [4.78, 5) is 20.9. The number of hydrogen-bond donors (Lipinski definition) is 0. The summed E-state index contributed by atoms with van der Waals surface area (Å²) >= 11 is 0. The molecule has 1 saturated heterocycles. The number of piperidine rings is 1. The van der Waals surface area contributed by atoms with Crippen LogP contribution < -0.4 is 0 Å². The van der Waals surface area contributed by atoms with Crippen molar-refractivity contribution in [3.05, 3.63) is 36.4 Å². The molecule has 6 nitrogen and oxygen atoms in total. The topological polar surface area (TPSA) is 63.9 Å². The fourth-order valence-corrected chi connectivity index (χ4v) is 3.45. The lowest BCUT2D eigenvalue weighted by Gasteiger charge is -2.42. The highest BCUT2D eigenvalue weighted by atomic mass is 16.2. The monoisotopic (exact) mass is 313 g/mol. The van der Waals surface area contributed by atoms with Gasteiger partial charge in [0, 0.05) is 18.3 Å². The minimum atomic E-state index is 0.0740. The van der Waals surface area contributed by atoms with E-state index >= 15 is 0 Å². The van der Waals surface area contributed by atoms with Crippen LogP contribution in [0.25, 0.3) is 5.69 Å². The van der Waals surface area contributed by atoms with Gasteiger partial charge in [0.1, 0.15) is 5.69 Å². The molecule has 122 valence electrons. The zero-order valence-corrected chi connectivity index (χ0v) is 13.7. The molecule has 0 bridgehead atoms. The lowest BCUT2D eigenvalue weighted by molar-refractivity contribution is 0.0432. The van der Waals surface area contributed by atoms with Crippen molar-refractivity contribution < 1.29 is 4.79 Å². The van der Waals surface area contributed by atoms with Crippen LogP contribution in [0.5, 0.6) is 0 Å². The predicted molar refractivity (Wildman–Crippen MR) is 87.3 cm³/mol. The van der Waals surface area contributed by atoms with Gasteiger partial charge in [0.15, 0.2) is 0 Å². The highest BCUT2D eigenvalue weighted by Gasteiger charge is 2.33. The molecule has 0 aromatic carbocycles. The maximum atomic E-state index is 13.1. The molecule has 0 spiro atoms. The molecule has 2 aromatic rings. The first-order valence-corrected chi connectivity index (χ1v) is 8.39. The van der Waals surface area contributed by atoms with Crippen molar-refractivity contribution in [2.24, 2.45) is 0 Å². The Hall–Kier alpha value is -2.24. The van der Waals surface area contributed by atoms with Crippen LogP contribution in [-0.2, 0) is 0 Å². The molecule has 1 amide bonds. The van der Waals surface area contributed by atoms with Crippen LogP contribution in [0, 0.1) is 0 Å². The van der Waals surface area contributed by atoms with E-state index in [0.717, 1.165) is 25.7 Å². The summed E-state index contributed by atoms with van der Waals surface area (Å²) in [6.45, 7) is 4.32. The van der Waals surface area contributed by atoms with Crippen molar-refractivity contribution in [3.63, 3.8) is 0 Å². The van der Waals surface area contributed by atoms with Gasteiger partial charge < -0.3 is 4.90 Å². The van der Waals surface area contributed by atoms with Gasteiger partial charge in [0.2, 0.25) is 0 Å². The Morgan fingerprint density at radius 3 is 2.39 bits per heavy atom. The molecule has 0 radical (unpaired) electrons. The summed E-state index contributed by atoms with van der Waals surface area (Å²) < 4.78 is 0. The molecular weight excluding hydrogens is 290 g/mol. The molecular formula is C17H23N5O. The number of carbonyl (C=O) groups is 1. The van der Waals surface area contributed by atoms with Crippen LogP contribution >= 0.6 is 0 Å². The molecule has 0 N–H and O–H groups in total. The summed E-state index contributed by atoms with van der Waals surface area (Å²) in [5.74, 6) is 0.0740. The predicted octanol–water partition coefficient (Wildman–Crippen LogP) is 2.85. The van der Waals surface area contributed by atoms with Crippen molar-refractivity contribution in [2.45, 2.75) is 58.0 Å². The Kier molecular flexibility index (Phi) is 4.69. The average Bonchev–Trinajstić information content (AvgIpc) is 3.15. The Morgan fingerprint density at radius 2 is 1.78 bits per heavy atom. The van der Waals surface area contributed by atoms with Gasteiger partial charge in [-0.25, -0.2) is 0 Å². The third-order valence-electron chi connectivity index (χ3n) is 4.66. The number of nitrogens with zero attached hydrogens (tertiary/aromatic N) is 5. The van der Waals surface area contributed by atoms with Crippen molar-refractivity contribution in [1.82, 2.24) is 24.9 Å². The third kappa shape index (κ3) is 3.11. The zero-order valence-electron chi connectivity index (χ0n) is 13.7. The van der Waals surface area contributed by atoms with Crippen LogP contribution in [0.1, 0.15) is 56.3 Å². The van der Waals surface area contributed by atoms with E-state index in [4.69, 9.17) is 0 Å². The van der Waals surface area contributed by atoms with Gasteiger partial charge >= 0.3 is 0 Å². The van der Waals surface area contributed by atoms with E-state index in [1.807, 2.05) is 6.07 Å². The molecule has 0 unspecified atom stereocenters. The maximum Gasteiger partial charge on any atom is 0.255 e. The number of rotatable bonds is 4. The first kappa shape index (κ1) is 15.6. The zero-order chi connectivity index (χ0) is 16.2. The summed E-state index contributed by atoms with van der Waals surface area (Å²) in [5.41, 5.74) is 1.32. The molecule has 23 heavy (non-hydrogen) atoms. The number of carbonyl (C=O) groups excluding carboxylic acids is 1. The van der Waals surface area contributed by atoms with Gasteiger partial charge in [-0.3, -0.25) is 9.78 Å². The van der Waals surface area contributed by atoms with Gasteiger partial charge in [0.25, 0.3) is 5.91 Å². The Labute approximate surface area is 136 Å². The highest BCUT2D eigenvalue weighted by molar-refractivity contribution is 5.95. The number of aromatic nitrogens is 4. The second-order valence-corrected chi connectivity index (χ2v) is 6.02. The number of likely N-dealkylation sites (tertiary alicyclic amines) is 1. The fraction of sp³-hybridized carbons (Fsp3) is 0.529. The fourth-order valence-electron chi connectivity index (χ4n) is 3.45. The third-order valence-corrected chi connectivity index (χ3v) is 4.66. The van der Waals surface area contributed by atoms with Crippen LogP contribution in [-0.4, -0.2) is 42.9 Å². The molecule has 0 saturated carbocycles. The van der Waals surface area contributed by atoms with E-state index < -0.39 is 0 Å². The highest BCUT2D eigenvalue weighted by Crippen LogP contribution is 2.28. The second-order valence-electron chi connectivity index (χ2n) is 6.02. The van der Waals surface area contributed by atoms with E-state index in [9.17, 15) is 4.79 Å². The minimum Gasteiger partial charge on any atom is -0.333 e. The summed E-state index contributed by atoms with van der Waals surface area (Å²) in [7, 11) is 0. The molecule has 6 heteroatoms. The lowest BCUT2D eigenvalue weighted by atomic mass is 9.91. The van der Waals surface area contributed by atoms with E-state index in [0.29, 0.717) is 23.3 Å². The Morgan fingerprint density at radius 1 is 1.13 bits per heavy atom. The van der Waals surface area contributed by atoms with Crippen LogP contribution in [0.3, 0.4) is 0 Å². The molecule has 2 aromatic heterocycles. The Bertz CT molecular complexity index is 643. The van der Waals surface area contributed by atoms with Gasteiger partial charge in [-0.05, 0) is 38.2 Å². The van der Waals surface area contributed by atoms with Gasteiger partial charge in [-0.15, -0.1) is 0 Å². The number of pyridine rings is 1. The molecule has 0 aliphatic carbocycles. The normalized spacial score (nSPS) is 21.4. The number of amides is 1. The first-order valence-electron chi connectivity index (χ1n) is 8.39. The summed E-state index contributed by atoms with van der Waals surface area (Å²) in [6.07, 6.45) is 11.9. The van der Waals surface area contributed by atoms with Gasteiger partial charge in [-0.1, -0.05) is 13.8 Å². The van der Waals surface area contributed by atoms with E-state index in [1.54, 1.807) is 24.8 Å². The molecule has 1 aliphatic rings. The quantitative estimate of drug-likeness (QED) is 0.870. The molecule has 1 aliphatic heterocycles. The van der Waals surface area contributed by atoms with E-state index in [1.165, 1.54) is 11.2 Å². The largest absolute Gasteiger partial charge is 0.333 e. The molecule has 3 heterocycles. The molecule has 2 atom stereocenters. The Balaban J connectivity index is 1.90. The van der Waals surface area contributed by atoms with Crippen molar-refractivity contribution in [3.8, 4) is 5.69 Å². The SMILES string of the molecule is CC[C@@H]1CCC[C@H](CC)N1C(=O)c1cncc(-n2nccn2)c1. The van der Waals surface area contributed by atoms with Crippen molar-refractivity contribution in [2.75, 3.05) is 0 Å². The average molecular weight is 313 g/mol. The minimum absolute atomic E-state index is 0.0740.